The zero-order valence-corrected chi connectivity index (χ0v) is 13.9. The third-order valence-corrected chi connectivity index (χ3v) is 3.05. The Morgan fingerprint density at radius 2 is 2.00 bits per heavy atom. The van der Waals surface area contributed by atoms with E-state index in [1.165, 1.54) is 13.1 Å². The number of hydrazone groups is 1. The van der Waals surface area contributed by atoms with Crippen LogP contribution in [0.5, 0.6) is 5.75 Å². The quantitative estimate of drug-likeness (QED) is 0.463. The van der Waals surface area contributed by atoms with Crippen LogP contribution in [0.2, 0.25) is 0 Å². The SMILES string of the molecule is C=CCOc1cccc(C=NNC(=O)c2cccc(NC(C)=O)c2)c1. The van der Waals surface area contributed by atoms with Gasteiger partial charge >= 0.3 is 0 Å². The van der Waals surface area contributed by atoms with Crippen LogP contribution in [0.3, 0.4) is 0 Å². The third-order valence-electron chi connectivity index (χ3n) is 3.05. The molecule has 0 fully saturated rings. The number of ether oxygens (including phenoxy) is 1. The molecular weight excluding hydrogens is 318 g/mol. The van der Waals surface area contributed by atoms with Crippen molar-refractivity contribution in [1.29, 1.82) is 0 Å². The average Bonchev–Trinajstić information content (AvgIpc) is 2.60. The summed E-state index contributed by atoms with van der Waals surface area (Å²) in [5.74, 6) is 0.120. The lowest BCUT2D eigenvalue weighted by molar-refractivity contribution is -0.114. The Hall–Kier alpha value is -3.41. The molecule has 0 atom stereocenters. The summed E-state index contributed by atoms with van der Waals surface area (Å²) in [4.78, 5) is 23.2. The van der Waals surface area contributed by atoms with E-state index in [2.05, 4.69) is 22.4 Å². The van der Waals surface area contributed by atoms with Gasteiger partial charge in [-0.2, -0.15) is 5.10 Å². The lowest BCUT2D eigenvalue weighted by atomic mass is 10.2. The topological polar surface area (TPSA) is 79.8 Å². The van der Waals surface area contributed by atoms with Crippen molar-refractivity contribution in [3.8, 4) is 5.75 Å². The first-order valence-corrected chi connectivity index (χ1v) is 7.63. The van der Waals surface area contributed by atoms with Crippen LogP contribution in [0.4, 0.5) is 5.69 Å². The number of nitrogens with zero attached hydrogens (tertiary/aromatic N) is 1. The Balaban J connectivity index is 1.98. The fourth-order valence-corrected chi connectivity index (χ4v) is 2.01. The van der Waals surface area contributed by atoms with Crippen LogP contribution < -0.4 is 15.5 Å². The van der Waals surface area contributed by atoms with E-state index in [-0.39, 0.29) is 11.8 Å². The van der Waals surface area contributed by atoms with Crippen LogP contribution in [-0.2, 0) is 4.79 Å². The van der Waals surface area contributed by atoms with Crippen molar-refractivity contribution in [3.63, 3.8) is 0 Å². The highest BCUT2D eigenvalue weighted by Gasteiger charge is 2.05. The minimum atomic E-state index is -0.373. The third kappa shape index (κ3) is 5.95. The number of hydrogen-bond acceptors (Lipinski definition) is 4. The molecule has 0 aliphatic carbocycles. The van der Waals surface area contributed by atoms with Gasteiger partial charge in [0.15, 0.2) is 0 Å². The molecule has 0 bridgehead atoms. The van der Waals surface area contributed by atoms with E-state index in [4.69, 9.17) is 4.74 Å². The molecule has 128 valence electrons. The van der Waals surface area contributed by atoms with Gasteiger partial charge < -0.3 is 10.1 Å². The molecule has 0 saturated heterocycles. The molecule has 6 nitrogen and oxygen atoms in total. The predicted molar refractivity (Wildman–Crippen MR) is 97.9 cm³/mol. The molecule has 0 aliphatic rings. The van der Waals surface area contributed by atoms with E-state index in [0.29, 0.717) is 23.6 Å². The number of rotatable bonds is 7. The molecule has 0 heterocycles. The fraction of sp³-hybridized carbons (Fsp3) is 0.105. The molecule has 0 spiro atoms. The summed E-state index contributed by atoms with van der Waals surface area (Å²) in [5, 5.41) is 6.57. The van der Waals surface area contributed by atoms with Gasteiger partial charge in [-0.25, -0.2) is 5.43 Å². The molecule has 25 heavy (non-hydrogen) atoms. The smallest absolute Gasteiger partial charge is 0.271 e. The van der Waals surface area contributed by atoms with Crippen LogP contribution in [-0.4, -0.2) is 24.6 Å². The van der Waals surface area contributed by atoms with Gasteiger partial charge in [0.1, 0.15) is 12.4 Å². The number of carbonyl (C=O) groups excluding carboxylic acids is 2. The van der Waals surface area contributed by atoms with Crippen LogP contribution in [0, 0.1) is 0 Å². The Morgan fingerprint density at radius 1 is 1.20 bits per heavy atom. The number of amides is 2. The Labute approximate surface area is 146 Å². The van der Waals surface area contributed by atoms with Gasteiger partial charge in [0.2, 0.25) is 5.91 Å². The lowest BCUT2D eigenvalue weighted by Crippen LogP contribution is -2.18. The first kappa shape index (κ1) is 17.9. The normalized spacial score (nSPS) is 10.3. The Morgan fingerprint density at radius 3 is 2.76 bits per heavy atom. The van der Waals surface area contributed by atoms with Crippen molar-refractivity contribution in [3.05, 3.63) is 72.3 Å². The van der Waals surface area contributed by atoms with E-state index < -0.39 is 0 Å². The second-order valence-corrected chi connectivity index (χ2v) is 5.13. The Kier molecular flexibility index (Phi) is 6.47. The highest BCUT2D eigenvalue weighted by molar-refractivity contribution is 5.97. The van der Waals surface area contributed by atoms with Gasteiger partial charge in [-0.1, -0.05) is 30.9 Å². The molecule has 2 aromatic carbocycles. The summed E-state index contributed by atoms with van der Waals surface area (Å²) in [6, 6.07) is 13.9. The summed E-state index contributed by atoms with van der Waals surface area (Å²) in [7, 11) is 0. The number of carbonyl (C=O) groups is 2. The van der Waals surface area contributed by atoms with Crippen molar-refractivity contribution in [2.45, 2.75) is 6.92 Å². The second kappa shape index (κ2) is 9.02. The molecule has 2 N–H and O–H groups in total. The van der Waals surface area contributed by atoms with Crippen LogP contribution in [0.25, 0.3) is 0 Å². The molecule has 6 heteroatoms. The van der Waals surface area contributed by atoms with E-state index in [0.717, 1.165) is 5.56 Å². The van der Waals surface area contributed by atoms with Crippen molar-refractivity contribution in [1.82, 2.24) is 5.43 Å². The monoisotopic (exact) mass is 337 g/mol. The summed E-state index contributed by atoms with van der Waals surface area (Å²) in [6.45, 7) is 5.42. The minimum Gasteiger partial charge on any atom is -0.490 e. The highest BCUT2D eigenvalue weighted by atomic mass is 16.5. The van der Waals surface area contributed by atoms with E-state index in [9.17, 15) is 9.59 Å². The number of anilines is 1. The molecule has 0 unspecified atom stereocenters. The molecule has 0 saturated carbocycles. The van der Waals surface area contributed by atoms with Gasteiger partial charge in [0, 0.05) is 18.2 Å². The molecule has 2 aromatic rings. The number of hydrogen-bond donors (Lipinski definition) is 2. The molecular formula is C19H19N3O3. The Bertz CT molecular complexity index is 800. The summed E-state index contributed by atoms with van der Waals surface area (Å²) >= 11 is 0. The van der Waals surface area contributed by atoms with Gasteiger partial charge in [-0.15, -0.1) is 0 Å². The van der Waals surface area contributed by atoms with Crippen molar-refractivity contribution in [2.75, 3.05) is 11.9 Å². The van der Waals surface area contributed by atoms with Crippen LogP contribution >= 0.6 is 0 Å². The zero-order valence-electron chi connectivity index (χ0n) is 13.9. The minimum absolute atomic E-state index is 0.200. The predicted octanol–water partition coefficient (Wildman–Crippen LogP) is 2.97. The lowest BCUT2D eigenvalue weighted by Gasteiger charge is -2.05. The first-order chi connectivity index (χ1) is 12.1. The van der Waals surface area contributed by atoms with E-state index in [1.54, 1.807) is 36.4 Å². The average molecular weight is 337 g/mol. The molecule has 0 aliphatic heterocycles. The second-order valence-electron chi connectivity index (χ2n) is 5.13. The van der Waals surface area contributed by atoms with Gasteiger partial charge in [0.25, 0.3) is 5.91 Å². The molecule has 0 radical (unpaired) electrons. The maximum Gasteiger partial charge on any atom is 0.271 e. The van der Waals surface area contributed by atoms with E-state index >= 15 is 0 Å². The van der Waals surface area contributed by atoms with Crippen molar-refractivity contribution in [2.24, 2.45) is 5.10 Å². The van der Waals surface area contributed by atoms with Gasteiger partial charge in [-0.05, 0) is 35.9 Å². The van der Waals surface area contributed by atoms with Crippen LogP contribution in [0.1, 0.15) is 22.8 Å². The zero-order chi connectivity index (χ0) is 18.1. The number of nitrogens with one attached hydrogen (secondary N) is 2. The highest BCUT2D eigenvalue weighted by Crippen LogP contribution is 2.12. The fourth-order valence-electron chi connectivity index (χ4n) is 2.01. The maximum absolute atomic E-state index is 12.1. The summed E-state index contributed by atoms with van der Waals surface area (Å²) < 4.78 is 5.44. The van der Waals surface area contributed by atoms with Gasteiger partial charge in [-0.3, -0.25) is 9.59 Å². The molecule has 0 aromatic heterocycles. The standard InChI is InChI=1S/C19H19N3O3/c1-3-10-25-18-9-4-6-15(11-18)13-20-22-19(24)16-7-5-8-17(12-16)21-14(2)23/h3-9,11-13H,1,10H2,2H3,(H,21,23)(H,22,24). The number of benzene rings is 2. The summed E-state index contributed by atoms with van der Waals surface area (Å²) in [5.41, 5.74) is 4.18. The maximum atomic E-state index is 12.1. The van der Waals surface area contributed by atoms with Crippen molar-refractivity contribution < 1.29 is 14.3 Å². The molecule has 2 rings (SSSR count). The first-order valence-electron chi connectivity index (χ1n) is 7.63. The summed E-state index contributed by atoms with van der Waals surface area (Å²) in [6.07, 6.45) is 3.19. The largest absolute Gasteiger partial charge is 0.490 e. The molecule has 2 amide bonds. The van der Waals surface area contributed by atoms with Crippen LogP contribution in [0.15, 0.2) is 66.3 Å². The van der Waals surface area contributed by atoms with E-state index in [1.807, 2.05) is 18.2 Å². The van der Waals surface area contributed by atoms with Gasteiger partial charge in [0.05, 0.1) is 6.21 Å². The van der Waals surface area contributed by atoms with Crippen molar-refractivity contribution >= 4 is 23.7 Å².